The van der Waals surface area contributed by atoms with Gasteiger partial charge in [-0.15, -0.1) is 11.3 Å². The van der Waals surface area contributed by atoms with Crippen LogP contribution in [0, 0.1) is 23.2 Å². The molecule has 0 spiro atoms. The van der Waals surface area contributed by atoms with Gasteiger partial charge in [-0.2, -0.15) is 5.10 Å². The van der Waals surface area contributed by atoms with Crippen molar-refractivity contribution in [1.82, 2.24) is 15.1 Å². The first-order valence-corrected chi connectivity index (χ1v) is 15.5. The Hall–Kier alpha value is -2.80. The molecule has 4 aliphatic rings. The van der Waals surface area contributed by atoms with Crippen LogP contribution in [-0.2, 0) is 6.42 Å². The number of ether oxygens (including phenoxy) is 1. The molecule has 4 aliphatic carbocycles. The van der Waals surface area contributed by atoms with Gasteiger partial charge in [-0.05, 0) is 84.4 Å². The Morgan fingerprint density at radius 3 is 2.75 bits per heavy atom. The number of fused-ring (bicyclic) bond motifs is 5. The number of halogens is 2. The number of carbonyl (C=O) groups is 1. The van der Waals surface area contributed by atoms with Crippen LogP contribution in [-0.4, -0.2) is 29.3 Å². The van der Waals surface area contributed by atoms with Crippen LogP contribution < -0.4 is 10.1 Å². The van der Waals surface area contributed by atoms with E-state index in [4.69, 9.17) is 33.0 Å². The van der Waals surface area contributed by atoms with Gasteiger partial charge in [-0.1, -0.05) is 49.2 Å². The summed E-state index contributed by atoms with van der Waals surface area (Å²) in [5, 5.41) is 9.20. The van der Waals surface area contributed by atoms with Crippen molar-refractivity contribution in [2.75, 3.05) is 13.7 Å². The summed E-state index contributed by atoms with van der Waals surface area (Å²) < 4.78 is 7.46. The Morgan fingerprint density at radius 2 is 2.00 bits per heavy atom. The largest absolute Gasteiger partial charge is 0.496 e. The average Bonchev–Trinajstić information content (AvgIpc) is 3.62. The van der Waals surface area contributed by atoms with Crippen molar-refractivity contribution < 1.29 is 9.53 Å². The van der Waals surface area contributed by atoms with Crippen LogP contribution in [0.4, 0.5) is 0 Å². The third-order valence-corrected chi connectivity index (χ3v) is 11.4. The molecule has 2 aromatic heterocycles. The molecule has 40 heavy (non-hydrogen) atoms. The van der Waals surface area contributed by atoms with Gasteiger partial charge in [-0.25, -0.2) is 4.68 Å². The molecule has 0 aliphatic heterocycles. The van der Waals surface area contributed by atoms with Gasteiger partial charge < -0.3 is 10.1 Å². The smallest absolute Gasteiger partial charge is 0.272 e. The highest BCUT2D eigenvalue weighted by atomic mass is 35.5. The standard InChI is InChI=1S/C32H31Cl2N3O2S/c1-32(2)19-9-8-17(23(32)14-19)16-35-31(38)28-22-12-18-13-27(21-6-4-5-7-26(21)39-3)40-30(18)29(22)37(36-28)25-11-10-20(33)15-24(25)34/h4-7,10-11,13,15,17,19,23H,8-9,12,14,16H2,1-3H3,(H,35,38). The number of aromatic nitrogens is 2. The third kappa shape index (κ3) is 4.02. The maximum Gasteiger partial charge on any atom is 0.272 e. The summed E-state index contributed by atoms with van der Waals surface area (Å²) in [5.74, 6) is 2.77. The third-order valence-electron chi connectivity index (χ3n) is 9.63. The molecule has 0 saturated heterocycles. The summed E-state index contributed by atoms with van der Waals surface area (Å²) in [7, 11) is 1.69. The van der Waals surface area contributed by atoms with Gasteiger partial charge in [0, 0.05) is 34.0 Å². The zero-order valence-electron chi connectivity index (χ0n) is 22.8. The minimum Gasteiger partial charge on any atom is -0.496 e. The molecule has 3 atom stereocenters. The van der Waals surface area contributed by atoms with Crippen molar-refractivity contribution in [3.63, 3.8) is 0 Å². The Labute approximate surface area is 248 Å². The van der Waals surface area contributed by atoms with Gasteiger partial charge in [0.1, 0.15) is 5.75 Å². The second kappa shape index (κ2) is 9.64. The number of carbonyl (C=O) groups excluding carboxylic acids is 1. The lowest BCUT2D eigenvalue weighted by molar-refractivity contribution is -0.103. The van der Waals surface area contributed by atoms with Crippen molar-refractivity contribution >= 4 is 40.4 Å². The SMILES string of the molecule is COc1ccccc1-c1cc2c(s1)-c1c(c(C(=O)NCC3CCC4CC3C4(C)C)nn1-c1ccc(Cl)cc1Cl)C2. The highest BCUT2D eigenvalue weighted by Gasteiger charge is 2.54. The summed E-state index contributed by atoms with van der Waals surface area (Å²) in [5.41, 5.74) is 5.67. The number of amides is 1. The number of hydrogen-bond acceptors (Lipinski definition) is 4. The van der Waals surface area contributed by atoms with E-state index in [1.807, 2.05) is 28.9 Å². The van der Waals surface area contributed by atoms with Crippen molar-refractivity contribution in [1.29, 1.82) is 0 Å². The van der Waals surface area contributed by atoms with Crippen molar-refractivity contribution in [3.8, 4) is 32.4 Å². The molecule has 3 saturated carbocycles. The molecule has 2 bridgehead atoms. The second-order valence-corrected chi connectivity index (χ2v) is 13.8. The van der Waals surface area contributed by atoms with E-state index in [1.165, 1.54) is 24.8 Å². The second-order valence-electron chi connectivity index (χ2n) is 11.9. The fourth-order valence-corrected chi connectivity index (χ4v) is 9.06. The fourth-order valence-electron chi connectivity index (χ4n) is 7.31. The van der Waals surface area contributed by atoms with Crippen LogP contribution >= 0.6 is 34.5 Å². The number of para-hydroxylation sites is 1. The molecule has 8 heteroatoms. The summed E-state index contributed by atoms with van der Waals surface area (Å²) in [6, 6.07) is 15.6. The number of benzene rings is 2. The lowest BCUT2D eigenvalue weighted by Crippen LogP contribution is -2.54. The molecular formula is C32H31Cl2N3O2S. The Morgan fingerprint density at radius 1 is 1.18 bits per heavy atom. The van der Waals surface area contributed by atoms with Gasteiger partial charge in [0.05, 0.1) is 28.4 Å². The van der Waals surface area contributed by atoms with Gasteiger partial charge in [0.25, 0.3) is 5.91 Å². The predicted octanol–water partition coefficient (Wildman–Crippen LogP) is 8.29. The van der Waals surface area contributed by atoms with Crippen LogP contribution in [0.5, 0.6) is 5.75 Å². The molecule has 4 aromatic rings. The summed E-state index contributed by atoms with van der Waals surface area (Å²) in [4.78, 5) is 15.9. The van der Waals surface area contributed by atoms with Crippen molar-refractivity contribution in [3.05, 3.63) is 75.4 Å². The Bertz CT molecular complexity index is 1650. The maximum atomic E-state index is 13.7. The molecule has 1 amide bonds. The minimum absolute atomic E-state index is 0.112. The highest BCUT2D eigenvalue weighted by Crippen LogP contribution is 2.61. The Balaban J connectivity index is 1.26. The van der Waals surface area contributed by atoms with Gasteiger partial charge in [0.15, 0.2) is 5.69 Å². The zero-order chi connectivity index (χ0) is 27.8. The van der Waals surface area contributed by atoms with Gasteiger partial charge >= 0.3 is 0 Å². The first-order chi connectivity index (χ1) is 19.3. The van der Waals surface area contributed by atoms with Crippen LogP contribution in [0.25, 0.3) is 26.7 Å². The minimum atomic E-state index is -0.112. The summed E-state index contributed by atoms with van der Waals surface area (Å²) in [6.07, 6.45) is 4.39. The molecule has 2 aromatic carbocycles. The van der Waals surface area contributed by atoms with Crippen LogP contribution in [0.2, 0.25) is 10.0 Å². The first-order valence-electron chi connectivity index (χ1n) is 13.9. The molecule has 8 rings (SSSR count). The highest BCUT2D eigenvalue weighted by molar-refractivity contribution is 7.19. The van der Waals surface area contributed by atoms with E-state index < -0.39 is 0 Å². The number of nitrogens with one attached hydrogen (secondary N) is 1. The van der Waals surface area contributed by atoms with E-state index in [9.17, 15) is 4.79 Å². The quantitative estimate of drug-likeness (QED) is 0.216. The fraction of sp³-hybridized carbons (Fsp3) is 0.375. The van der Waals surface area contributed by atoms with Crippen molar-refractivity contribution in [2.24, 2.45) is 23.2 Å². The number of rotatable bonds is 6. The number of methoxy groups -OCH3 is 1. The maximum absolute atomic E-state index is 13.7. The normalized spacial score (nSPS) is 21.9. The number of hydrogen-bond donors (Lipinski definition) is 1. The molecule has 5 nitrogen and oxygen atoms in total. The molecule has 206 valence electrons. The summed E-state index contributed by atoms with van der Waals surface area (Å²) >= 11 is 14.6. The monoisotopic (exact) mass is 591 g/mol. The van der Waals surface area contributed by atoms with Gasteiger partial charge in [-0.3, -0.25) is 4.79 Å². The average molecular weight is 593 g/mol. The topological polar surface area (TPSA) is 56.1 Å². The predicted molar refractivity (Wildman–Crippen MR) is 162 cm³/mol. The van der Waals surface area contributed by atoms with Crippen LogP contribution in [0.15, 0.2) is 48.5 Å². The van der Waals surface area contributed by atoms with Gasteiger partial charge in [0.2, 0.25) is 0 Å². The summed E-state index contributed by atoms with van der Waals surface area (Å²) in [6.45, 7) is 5.48. The molecule has 3 fully saturated rings. The first kappa shape index (κ1) is 26.1. The lowest BCUT2D eigenvalue weighted by atomic mass is 9.45. The van der Waals surface area contributed by atoms with E-state index in [2.05, 4.69) is 31.3 Å². The number of thiophene rings is 1. The van der Waals surface area contributed by atoms with E-state index in [-0.39, 0.29) is 5.91 Å². The molecule has 0 radical (unpaired) electrons. The molecule has 2 heterocycles. The van der Waals surface area contributed by atoms with E-state index in [0.29, 0.717) is 51.6 Å². The molecule has 1 N–H and O–H groups in total. The molecular weight excluding hydrogens is 561 g/mol. The van der Waals surface area contributed by atoms with Crippen molar-refractivity contribution in [2.45, 2.75) is 39.5 Å². The molecule has 3 unspecified atom stereocenters. The van der Waals surface area contributed by atoms with Crippen LogP contribution in [0.1, 0.15) is 54.7 Å². The van der Waals surface area contributed by atoms with E-state index in [0.717, 1.165) is 38.2 Å². The van der Waals surface area contributed by atoms with Crippen LogP contribution in [0.3, 0.4) is 0 Å². The van der Waals surface area contributed by atoms with E-state index in [1.54, 1.807) is 30.6 Å². The zero-order valence-corrected chi connectivity index (χ0v) is 25.1. The number of nitrogens with zero attached hydrogens (tertiary/aromatic N) is 2. The van der Waals surface area contributed by atoms with E-state index >= 15 is 0 Å². The lowest BCUT2D eigenvalue weighted by Gasteiger charge is -2.60. The Kier molecular flexibility index (Phi) is 6.30.